The SMILES string of the molecule is CC(c1nc2ccccc2s1)N(C)C(=O)c1ccc(Cl)c([N+](=O)[O-])c1. The normalized spacial score (nSPS) is 12.1. The van der Waals surface area contributed by atoms with Crippen LogP contribution in [-0.2, 0) is 0 Å². The van der Waals surface area contributed by atoms with Gasteiger partial charge in [-0.2, -0.15) is 0 Å². The van der Waals surface area contributed by atoms with Gasteiger partial charge in [0, 0.05) is 18.7 Å². The van der Waals surface area contributed by atoms with Crippen LogP contribution in [0.2, 0.25) is 5.02 Å². The summed E-state index contributed by atoms with van der Waals surface area (Å²) in [6, 6.07) is 11.5. The summed E-state index contributed by atoms with van der Waals surface area (Å²) in [5, 5.41) is 11.8. The van der Waals surface area contributed by atoms with Crippen molar-refractivity contribution in [3.05, 3.63) is 68.2 Å². The van der Waals surface area contributed by atoms with Crippen LogP contribution in [0.4, 0.5) is 5.69 Å². The minimum atomic E-state index is -0.601. The van der Waals surface area contributed by atoms with Crippen LogP contribution in [0.25, 0.3) is 10.2 Å². The number of aromatic nitrogens is 1. The maximum Gasteiger partial charge on any atom is 0.288 e. The maximum atomic E-state index is 12.7. The number of halogens is 1. The number of nitro benzene ring substituents is 1. The Kier molecular flexibility index (Phi) is 4.69. The molecule has 0 fully saturated rings. The molecule has 1 unspecified atom stereocenters. The number of hydrogen-bond donors (Lipinski definition) is 0. The molecule has 0 bridgehead atoms. The fraction of sp³-hybridized carbons (Fsp3) is 0.176. The Morgan fingerprint density at radius 3 is 2.72 bits per heavy atom. The smallest absolute Gasteiger partial charge is 0.288 e. The fourth-order valence-electron chi connectivity index (χ4n) is 2.40. The Morgan fingerprint density at radius 2 is 2.04 bits per heavy atom. The van der Waals surface area contributed by atoms with Crippen LogP contribution >= 0.6 is 22.9 Å². The second kappa shape index (κ2) is 6.78. The van der Waals surface area contributed by atoms with E-state index in [2.05, 4.69) is 4.98 Å². The van der Waals surface area contributed by atoms with E-state index in [9.17, 15) is 14.9 Å². The lowest BCUT2D eigenvalue weighted by Gasteiger charge is -2.23. The number of benzene rings is 2. The summed E-state index contributed by atoms with van der Waals surface area (Å²) in [6.07, 6.45) is 0. The van der Waals surface area contributed by atoms with Gasteiger partial charge < -0.3 is 4.90 Å². The second-order valence-electron chi connectivity index (χ2n) is 5.54. The topological polar surface area (TPSA) is 76.3 Å². The van der Waals surface area contributed by atoms with E-state index in [1.807, 2.05) is 31.2 Å². The van der Waals surface area contributed by atoms with Crippen molar-refractivity contribution in [2.24, 2.45) is 0 Å². The molecule has 1 heterocycles. The molecule has 0 aliphatic carbocycles. The second-order valence-corrected chi connectivity index (χ2v) is 7.00. The molecule has 0 N–H and O–H groups in total. The van der Waals surface area contributed by atoms with Crippen LogP contribution in [-0.4, -0.2) is 27.8 Å². The van der Waals surface area contributed by atoms with E-state index < -0.39 is 4.92 Å². The first-order valence-electron chi connectivity index (χ1n) is 7.45. The Hall–Kier alpha value is -2.51. The zero-order valence-electron chi connectivity index (χ0n) is 13.5. The summed E-state index contributed by atoms with van der Waals surface area (Å²) < 4.78 is 1.05. The van der Waals surface area contributed by atoms with Crippen LogP contribution in [0.3, 0.4) is 0 Å². The molecule has 0 aliphatic heterocycles. The van der Waals surface area contributed by atoms with Gasteiger partial charge in [0.15, 0.2) is 0 Å². The molecule has 3 rings (SSSR count). The van der Waals surface area contributed by atoms with Crippen LogP contribution in [0.15, 0.2) is 42.5 Å². The molecule has 8 heteroatoms. The molecule has 0 saturated heterocycles. The van der Waals surface area contributed by atoms with Crippen LogP contribution in [0.1, 0.15) is 28.3 Å². The number of hydrogen-bond acceptors (Lipinski definition) is 5. The van der Waals surface area contributed by atoms with E-state index in [0.717, 1.165) is 15.2 Å². The zero-order valence-corrected chi connectivity index (χ0v) is 15.0. The summed E-state index contributed by atoms with van der Waals surface area (Å²) in [5.41, 5.74) is 0.817. The third-order valence-corrected chi connectivity index (χ3v) is 5.49. The van der Waals surface area contributed by atoms with E-state index in [1.165, 1.54) is 34.4 Å². The van der Waals surface area contributed by atoms with Crippen molar-refractivity contribution in [3.63, 3.8) is 0 Å². The zero-order chi connectivity index (χ0) is 18.1. The highest BCUT2D eigenvalue weighted by Gasteiger charge is 2.24. The van der Waals surface area contributed by atoms with E-state index in [4.69, 9.17) is 11.6 Å². The minimum absolute atomic E-state index is 0.00317. The van der Waals surface area contributed by atoms with Gasteiger partial charge in [-0.15, -0.1) is 11.3 Å². The van der Waals surface area contributed by atoms with Crippen molar-refractivity contribution in [3.8, 4) is 0 Å². The lowest BCUT2D eigenvalue weighted by molar-refractivity contribution is -0.384. The van der Waals surface area contributed by atoms with Crippen LogP contribution < -0.4 is 0 Å². The van der Waals surface area contributed by atoms with Crippen molar-refractivity contribution < 1.29 is 9.72 Å². The summed E-state index contributed by atoms with van der Waals surface area (Å²) in [4.78, 5) is 29.2. The number of nitro groups is 1. The average Bonchev–Trinajstić information content (AvgIpc) is 3.04. The predicted molar refractivity (Wildman–Crippen MR) is 98.2 cm³/mol. The molecule has 0 saturated carbocycles. The largest absolute Gasteiger partial charge is 0.333 e. The van der Waals surface area contributed by atoms with E-state index in [0.29, 0.717) is 0 Å². The van der Waals surface area contributed by atoms with Gasteiger partial charge in [0.05, 0.1) is 21.2 Å². The Morgan fingerprint density at radius 1 is 1.32 bits per heavy atom. The quantitative estimate of drug-likeness (QED) is 0.489. The molecule has 3 aromatic rings. The highest BCUT2D eigenvalue weighted by atomic mass is 35.5. The third kappa shape index (κ3) is 3.33. The highest BCUT2D eigenvalue weighted by Crippen LogP contribution is 2.31. The van der Waals surface area contributed by atoms with Gasteiger partial charge in [0.1, 0.15) is 10.0 Å². The van der Waals surface area contributed by atoms with Gasteiger partial charge in [-0.25, -0.2) is 4.98 Å². The van der Waals surface area contributed by atoms with Gasteiger partial charge in [0.25, 0.3) is 11.6 Å². The summed E-state index contributed by atoms with van der Waals surface area (Å²) in [7, 11) is 1.65. The predicted octanol–water partition coefficient (Wildman–Crippen LogP) is 4.69. The molecule has 0 spiro atoms. The van der Waals surface area contributed by atoms with E-state index in [1.54, 1.807) is 7.05 Å². The Balaban J connectivity index is 1.89. The standard InChI is InChI=1S/C17H14ClN3O3S/c1-10(16-19-13-5-3-4-6-15(13)25-16)20(2)17(22)11-7-8-12(18)14(9-11)21(23)24/h3-10H,1-2H3. The molecule has 1 atom stereocenters. The molecular formula is C17H14ClN3O3S. The van der Waals surface area contributed by atoms with Gasteiger partial charge >= 0.3 is 0 Å². The van der Waals surface area contributed by atoms with Crippen molar-refractivity contribution in [1.82, 2.24) is 9.88 Å². The number of nitrogens with zero attached hydrogens (tertiary/aromatic N) is 3. The highest BCUT2D eigenvalue weighted by molar-refractivity contribution is 7.18. The first kappa shape index (κ1) is 17.3. The summed E-state index contributed by atoms with van der Waals surface area (Å²) in [6.45, 7) is 1.87. The molecule has 25 heavy (non-hydrogen) atoms. The number of carbonyl (C=O) groups excluding carboxylic acids is 1. The number of carbonyl (C=O) groups is 1. The number of rotatable bonds is 4. The summed E-state index contributed by atoms with van der Waals surface area (Å²) >= 11 is 7.33. The first-order valence-corrected chi connectivity index (χ1v) is 8.64. The van der Waals surface area contributed by atoms with E-state index >= 15 is 0 Å². The maximum absolute atomic E-state index is 12.7. The fourth-order valence-corrected chi connectivity index (χ4v) is 3.65. The van der Waals surface area contributed by atoms with Crippen LogP contribution in [0.5, 0.6) is 0 Å². The monoisotopic (exact) mass is 375 g/mol. The van der Waals surface area contributed by atoms with Crippen molar-refractivity contribution in [2.75, 3.05) is 7.05 Å². The van der Waals surface area contributed by atoms with Gasteiger partial charge in [0.2, 0.25) is 0 Å². The lowest BCUT2D eigenvalue weighted by atomic mass is 10.1. The number of amides is 1. The van der Waals surface area contributed by atoms with Gasteiger partial charge in [-0.05, 0) is 31.2 Å². The molecule has 1 amide bonds. The third-order valence-electron chi connectivity index (χ3n) is 3.96. The van der Waals surface area contributed by atoms with Crippen molar-refractivity contribution >= 4 is 44.7 Å². The first-order chi connectivity index (χ1) is 11.9. The Bertz CT molecular complexity index is 940. The minimum Gasteiger partial charge on any atom is -0.333 e. The van der Waals surface area contributed by atoms with Crippen LogP contribution in [0, 0.1) is 10.1 Å². The molecule has 0 radical (unpaired) electrons. The lowest BCUT2D eigenvalue weighted by Crippen LogP contribution is -2.29. The van der Waals surface area contributed by atoms with Gasteiger partial charge in [-0.3, -0.25) is 14.9 Å². The Labute approximate surface area is 152 Å². The molecular weight excluding hydrogens is 362 g/mol. The number of thiazole rings is 1. The molecule has 2 aromatic carbocycles. The van der Waals surface area contributed by atoms with Crippen molar-refractivity contribution in [1.29, 1.82) is 0 Å². The molecule has 128 valence electrons. The van der Waals surface area contributed by atoms with Crippen molar-refractivity contribution in [2.45, 2.75) is 13.0 Å². The average molecular weight is 376 g/mol. The number of para-hydroxylation sites is 1. The molecule has 1 aromatic heterocycles. The van der Waals surface area contributed by atoms with Gasteiger partial charge in [-0.1, -0.05) is 23.7 Å². The number of fused-ring (bicyclic) bond motifs is 1. The molecule has 6 nitrogen and oxygen atoms in total. The summed E-state index contributed by atoms with van der Waals surface area (Å²) in [5.74, 6) is -0.327. The van der Waals surface area contributed by atoms with E-state index in [-0.39, 0.29) is 28.2 Å². The molecule has 0 aliphatic rings.